The fourth-order valence-corrected chi connectivity index (χ4v) is 4.65. The zero-order chi connectivity index (χ0) is 19.5. The summed E-state index contributed by atoms with van der Waals surface area (Å²) in [6.07, 6.45) is 12.7. The summed E-state index contributed by atoms with van der Waals surface area (Å²) in [4.78, 5) is 10.6. The molecule has 1 saturated carbocycles. The van der Waals surface area contributed by atoms with Crippen LogP contribution < -0.4 is 5.84 Å². The summed E-state index contributed by atoms with van der Waals surface area (Å²) in [5.41, 5.74) is 4.34. The standard InChI is InChI=1S/C22H31N5O/c1-3-16(15-26(2)23)21-14-25-22-20(21)12-18(13-24-22)17-4-6-19(7-5-17)27-8-10-28-11-9-27/h3,12-15,17,19H,1,4-11,23H2,2H3,(H,24,25)/b16-15+. The molecule has 1 saturated heterocycles. The maximum absolute atomic E-state index is 5.81. The summed E-state index contributed by atoms with van der Waals surface area (Å²) in [7, 11) is 1.81. The van der Waals surface area contributed by atoms with Crippen LogP contribution in [0.2, 0.25) is 0 Å². The molecular weight excluding hydrogens is 350 g/mol. The number of hydrogen-bond acceptors (Lipinski definition) is 5. The third-order valence-electron chi connectivity index (χ3n) is 6.16. The molecule has 2 fully saturated rings. The zero-order valence-corrected chi connectivity index (χ0v) is 16.7. The lowest BCUT2D eigenvalue weighted by Crippen LogP contribution is -2.44. The highest BCUT2D eigenvalue weighted by atomic mass is 16.5. The van der Waals surface area contributed by atoms with Crippen molar-refractivity contribution in [3.05, 3.63) is 48.4 Å². The Kier molecular flexibility index (Phi) is 5.80. The van der Waals surface area contributed by atoms with Crippen LogP contribution in [0, 0.1) is 0 Å². The van der Waals surface area contributed by atoms with Gasteiger partial charge in [0.25, 0.3) is 0 Å². The minimum atomic E-state index is 0.588. The molecule has 0 radical (unpaired) electrons. The molecule has 0 spiro atoms. The average molecular weight is 382 g/mol. The Balaban J connectivity index is 1.52. The van der Waals surface area contributed by atoms with Crippen molar-refractivity contribution in [3.8, 4) is 0 Å². The fraction of sp³-hybridized carbons (Fsp3) is 0.500. The molecule has 2 aromatic heterocycles. The monoisotopic (exact) mass is 381 g/mol. The highest BCUT2D eigenvalue weighted by Crippen LogP contribution is 2.36. The van der Waals surface area contributed by atoms with Gasteiger partial charge >= 0.3 is 0 Å². The van der Waals surface area contributed by atoms with E-state index in [-0.39, 0.29) is 0 Å². The number of hydrogen-bond donors (Lipinski definition) is 2. The Bertz CT molecular complexity index is 842. The second-order valence-electron chi connectivity index (χ2n) is 7.97. The van der Waals surface area contributed by atoms with Crippen LogP contribution in [0.1, 0.15) is 42.7 Å². The Morgan fingerprint density at radius 1 is 1.32 bits per heavy atom. The van der Waals surface area contributed by atoms with Crippen LogP contribution in [0.3, 0.4) is 0 Å². The van der Waals surface area contributed by atoms with Gasteiger partial charge in [0, 0.05) is 61.3 Å². The van der Waals surface area contributed by atoms with Crippen LogP contribution in [0.4, 0.5) is 0 Å². The van der Waals surface area contributed by atoms with Crippen LogP contribution in [0.15, 0.2) is 37.3 Å². The third kappa shape index (κ3) is 3.99. The number of morpholine rings is 1. The number of aromatic amines is 1. The quantitative estimate of drug-likeness (QED) is 0.473. The molecule has 150 valence electrons. The predicted molar refractivity (Wildman–Crippen MR) is 114 cm³/mol. The zero-order valence-electron chi connectivity index (χ0n) is 16.7. The fourth-order valence-electron chi connectivity index (χ4n) is 4.65. The normalized spacial score (nSPS) is 24.4. The van der Waals surface area contributed by atoms with Gasteiger partial charge < -0.3 is 14.7 Å². The van der Waals surface area contributed by atoms with Crippen LogP contribution in [0.5, 0.6) is 0 Å². The first-order valence-electron chi connectivity index (χ1n) is 10.3. The first kappa shape index (κ1) is 19.2. The van der Waals surface area contributed by atoms with E-state index in [2.05, 4.69) is 28.7 Å². The molecule has 3 N–H and O–H groups in total. The smallest absolute Gasteiger partial charge is 0.137 e. The summed E-state index contributed by atoms with van der Waals surface area (Å²) in [5.74, 6) is 6.40. The average Bonchev–Trinajstić information content (AvgIpc) is 3.16. The first-order chi connectivity index (χ1) is 13.7. The van der Waals surface area contributed by atoms with E-state index < -0.39 is 0 Å². The van der Waals surface area contributed by atoms with Crippen LogP contribution in [-0.4, -0.2) is 59.3 Å². The minimum Gasteiger partial charge on any atom is -0.379 e. The summed E-state index contributed by atoms with van der Waals surface area (Å²) in [6.45, 7) is 7.88. The van der Waals surface area contributed by atoms with Crippen molar-refractivity contribution in [2.24, 2.45) is 5.84 Å². The number of rotatable bonds is 5. The molecule has 0 bridgehead atoms. The Hall–Kier alpha value is -2.15. The third-order valence-corrected chi connectivity index (χ3v) is 6.16. The lowest BCUT2D eigenvalue weighted by Gasteiger charge is -2.38. The molecule has 3 heterocycles. The van der Waals surface area contributed by atoms with Gasteiger partial charge in [-0.3, -0.25) is 4.90 Å². The number of nitrogens with zero attached hydrogens (tertiary/aromatic N) is 3. The van der Waals surface area contributed by atoms with Crippen LogP contribution in [0.25, 0.3) is 16.6 Å². The lowest BCUT2D eigenvalue weighted by atomic mass is 9.81. The number of aromatic nitrogens is 2. The van der Waals surface area contributed by atoms with Gasteiger partial charge in [-0.25, -0.2) is 10.8 Å². The Labute approximate surface area is 167 Å². The molecule has 2 aliphatic rings. The summed E-state index contributed by atoms with van der Waals surface area (Å²) >= 11 is 0. The number of nitrogens with one attached hydrogen (secondary N) is 1. The number of fused-ring (bicyclic) bond motifs is 1. The van der Waals surface area contributed by atoms with Crippen molar-refractivity contribution in [1.29, 1.82) is 0 Å². The van der Waals surface area contributed by atoms with E-state index in [0.29, 0.717) is 5.92 Å². The van der Waals surface area contributed by atoms with E-state index >= 15 is 0 Å². The molecule has 0 unspecified atom stereocenters. The molecule has 0 aromatic carbocycles. The lowest BCUT2D eigenvalue weighted by molar-refractivity contribution is 0.00729. The van der Waals surface area contributed by atoms with Gasteiger partial charge in [-0.2, -0.15) is 0 Å². The van der Waals surface area contributed by atoms with Gasteiger partial charge in [0.05, 0.1) is 13.2 Å². The van der Waals surface area contributed by atoms with Gasteiger partial charge in [0.2, 0.25) is 0 Å². The van der Waals surface area contributed by atoms with Gasteiger partial charge in [0.1, 0.15) is 5.65 Å². The van der Waals surface area contributed by atoms with Crippen LogP contribution in [-0.2, 0) is 4.74 Å². The first-order valence-corrected chi connectivity index (χ1v) is 10.3. The Morgan fingerprint density at radius 2 is 2.07 bits per heavy atom. The van der Waals surface area contributed by atoms with Gasteiger partial charge in [-0.1, -0.05) is 12.7 Å². The van der Waals surface area contributed by atoms with Crippen molar-refractivity contribution >= 4 is 16.6 Å². The molecule has 6 nitrogen and oxygen atoms in total. The number of hydrazine groups is 1. The second kappa shape index (κ2) is 8.47. The molecule has 1 aliphatic heterocycles. The van der Waals surface area contributed by atoms with Gasteiger partial charge in [-0.05, 0) is 43.2 Å². The molecule has 2 aromatic rings. The van der Waals surface area contributed by atoms with E-state index in [1.807, 2.05) is 25.5 Å². The number of nitrogens with two attached hydrogens (primary N) is 1. The van der Waals surface area contributed by atoms with E-state index in [0.717, 1.165) is 54.5 Å². The van der Waals surface area contributed by atoms with Gasteiger partial charge in [0.15, 0.2) is 0 Å². The van der Waals surface area contributed by atoms with Crippen molar-refractivity contribution in [1.82, 2.24) is 19.9 Å². The highest BCUT2D eigenvalue weighted by Gasteiger charge is 2.28. The molecule has 1 aliphatic carbocycles. The molecular formula is C22H31N5O. The summed E-state index contributed by atoms with van der Waals surface area (Å²) in [6, 6.07) is 3.02. The number of H-pyrrole nitrogens is 1. The second-order valence-corrected chi connectivity index (χ2v) is 7.97. The van der Waals surface area contributed by atoms with Crippen molar-refractivity contribution in [2.45, 2.75) is 37.6 Å². The van der Waals surface area contributed by atoms with E-state index in [1.165, 1.54) is 31.2 Å². The maximum Gasteiger partial charge on any atom is 0.137 e. The number of allylic oxidation sites excluding steroid dienone is 2. The Morgan fingerprint density at radius 3 is 2.75 bits per heavy atom. The van der Waals surface area contributed by atoms with Crippen molar-refractivity contribution in [2.75, 3.05) is 33.4 Å². The van der Waals surface area contributed by atoms with Crippen molar-refractivity contribution < 1.29 is 4.74 Å². The number of ether oxygens (including phenoxy) is 1. The molecule has 28 heavy (non-hydrogen) atoms. The molecule has 0 amide bonds. The molecule has 4 rings (SSSR count). The maximum atomic E-state index is 5.81. The molecule has 0 atom stereocenters. The van der Waals surface area contributed by atoms with E-state index in [4.69, 9.17) is 15.6 Å². The number of pyridine rings is 1. The summed E-state index contributed by atoms with van der Waals surface area (Å²) < 4.78 is 5.50. The van der Waals surface area contributed by atoms with Crippen molar-refractivity contribution in [3.63, 3.8) is 0 Å². The predicted octanol–water partition coefficient (Wildman–Crippen LogP) is 3.25. The highest BCUT2D eigenvalue weighted by molar-refractivity contribution is 5.93. The topological polar surface area (TPSA) is 70.4 Å². The largest absolute Gasteiger partial charge is 0.379 e. The van der Waals surface area contributed by atoms with E-state index in [9.17, 15) is 0 Å². The summed E-state index contributed by atoms with van der Waals surface area (Å²) in [5, 5.41) is 2.70. The minimum absolute atomic E-state index is 0.588. The van der Waals surface area contributed by atoms with Gasteiger partial charge in [-0.15, -0.1) is 0 Å². The molecule has 6 heteroatoms. The van der Waals surface area contributed by atoms with Crippen LogP contribution >= 0.6 is 0 Å². The van der Waals surface area contributed by atoms with E-state index in [1.54, 1.807) is 5.01 Å². The SMILES string of the molecule is C=C/C(=C\N(C)N)c1c[nH]c2ncc(C3CCC(N4CCOCC4)CC3)cc12.